The van der Waals surface area contributed by atoms with Gasteiger partial charge in [0.15, 0.2) is 0 Å². The van der Waals surface area contributed by atoms with Crippen LogP contribution in [0, 0.1) is 0 Å². The Morgan fingerprint density at radius 2 is 0.872 bits per heavy atom. The van der Waals surface area contributed by atoms with Gasteiger partial charge >= 0.3 is 28.8 Å². The van der Waals surface area contributed by atoms with Gasteiger partial charge in [-0.1, -0.05) is 60.7 Å². The maximum Gasteiger partial charge on any atom is 2.00 e. The molecular formula is C28H18F6N2NiS2. The van der Waals surface area contributed by atoms with Crippen molar-refractivity contribution < 1.29 is 42.8 Å². The van der Waals surface area contributed by atoms with E-state index in [0.29, 0.717) is 32.3 Å². The number of halogens is 6. The molecule has 0 bridgehead atoms. The van der Waals surface area contributed by atoms with Crippen LogP contribution in [-0.4, -0.2) is 12.4 Å². The first-order chi connectivity index (χ1) is 17.9. The van der Waals surface area contributed by atoms with Crippen LogP contribution in [0.15, 0.2) is 117 Å². The Morgan fingerprint density at radius 3 is 1.21 bits per heavy atom. The van der Waals surface area contributed by atoms with E-state index in [1.54, 1.807) is 60.7 Å². The number of benzene rings is 4. The van der Waals surface area contributed by atoms with E-state index in [1.807, 2.05) is 0 Å². The second-order valence-electron chi connectivity index (χ2n) is 7.70. The molecule has 39 heavy (non-hydrogen) atoms. The van der Waals surface area contributed by atoms with Crippen molar-refractivity contribution >= 4 is 49.1 Å². The van der Waals surface area contributed by atoms with Gasteiger partial charge in [0.1, 0.15) is 0 Å². The molecule has 0 aliphatic rings. The molecule has 204 valence electrons. The van der Waals surface area contributed by atoms with Crippen LogP contribution in [0.5, 0.6) is 0 Å². The summed E-state index contributed by atoms with van der Waals surface area (Å²) in [4.78, 5) is 9.33. The third-order valence-electron chi connectivity index (χ3n) is 4.86. The molecule has 0 heterocycles. The summed E-state index contributed by atoms with van der Waals surface area (Å²) in [5.41, 5.74) is 0.511. The molecule has 0 amide bonds. The van der Waals surface area contributed by atoms with Crippen LogP contribution in [-0.2, 0) is 54.1 Å². The largest absolute Gasteiger partial charge is 2.00 e. The third kappa shape index (κ3) is 10.1. The van der Waals surface area contributed by atoms with Gasteiger partial charge in [0.05, 0.1) is 11.1 Å². The Bertz CT molecular complexity index is 1330. The third-order valence-corrected chi connectivity index (χ3v) is 5.55. The molecule has 0 N–H and O–H groups in total. The van der Waals surface area contributed by atoms with Crippen molar-refractivity contribution in [2.75, 3.05) is 0 Å². The second-order valence-corrected chi connectivity index (χ2v) is 8.58. The van der Waals surface area contributed by atoms with Crippen molar-refractivity contribution in [1.82, 2.24) is 0 Å². The zero-order valence-corrected chi connectivity index (χ0v) is 22.3. The van der Waals surface area contributed by atoms with Gasteiger partial charge in [-0.15, -0.1) is 9.79 Å². The van der Waals surface area contributed by atoms with Gasteiger partial charge in [0.25, 0.3) is 0 Å². The van der Waals surface area contributed by atoms with Crippen molar-refractivity contribution in [3.8, 4) is 0 Å². The Balaban J connectivity index is 0.000000267. The number of hydrogen-bond acceptors (Lipinski definition) is 4. The van der Waals surface area contributed by atoms with Crippen LogP contribution in [0.1, 0.15) is 22.3 Å². The summed E-state index contributed by atoms with van der Waals surface area (Å²) in [5.74, 6) is 0. The van der Waals surface area contributed by atoms with Gasteiger partial charge < -0.3 is 25.3 Å². The normalized spacial score (nSPS) is 11.6. The quantitative estimate of drug-likeness (QED) is 0.0989. The molecule has 0 saturated carbocycles. The standard InChI is InChI=1S/2C14H10F3NS.Ni/c2*15-14(16,17)11-5-3-4-10(8-11)9-18-12-6-1-2-7-13(12)19;/h2*1-9,19H;/q;;+2/p-2. The molecule has 4 aromatic rings. The molecule has 11 heteroatoms. The molecule has 0 radical (unpaired) electrons. The summed E-state index contributed by atoms with van der Waals surface area (Å²) in [6.45, 7) is 0. The summed E-state index contributed by atoms with van der Waals surface area (Å²) >= 11 is 10.1. The van der Waals surface area contributed by atoms with Crippen LogP contribution < -0.4 is 0 Å². The van der Waals surface area contributed by atoms with E-state index in [1.165, 1.54) is 24.6 Å². The minimum absolute atomic E-state index is 0. The van der Waals surface area contributed by atoms with Crippen molar-refractivity contribution in [2.24, 2.45) is 9.98 Å². The molecular weight excluding hydrogens is 601 g/mol. The molecule has 0 unspecified atom stereocenters. The van der Waals surface area contributed by atoms with Gasteiger partial charge in [-0.25, -0.2) is 0 Å². The first kappa shape index (κ1) is 31.9. The Morgan fingerprint density at radius 1 is 0.513 bits per heavy atom. The number of alkyl halides is 6. The maximum absolute atomic E-state index is 12.5. The molecule has 4 aromatic carbocycles. The minimum atomic E-state index is -4.35. The summed E-state index contributed by atoms with van der Waals surface area (Å²) < 4.78 is 75.2. The SMILES string of the molecule is FC(F)(F)c1cccc(C=Nc2ccccc2[S-])c1.FC(F)(F)c1cccc(C=Nc2ccccc2[S-])c1.[Ni+2]. The van der Waals surface area contributed by atoms with E-state index in [-0.39, 0.29) is 16.5 Å². The fourth-order valence-electron chi connectivity index (χ4n) is 3.01. The van der Waals surface area contributed by atoms with Crippen molar-refractivity contribution in [1.29, 1.82) is 0 Å². The monoisotopic (exact) mass is 618 g/mol. The van der Waals surface area contributed by atoms with Crippen LogP contribution >= 0.6 is 0 Å². The Hall–Kier alpha value is -3.27. The second kappa shape index (κ2) is 14.2. The van der Waals surface area contributed by atoms with E-state index in [0.717, 1.165) is 24.3 Å². The zero-order valence-electron chi connectivity index (χ0n) is 19.7. The van der Waals surface area contributed by atoms with Gasteiger partial charge in [0, 0.05) is 23.8 Å². The molecule has 0 aromatic heterocycles. The smallest absolute Gasteiger partial charge is 0.778 e. The average molecular weight is 619 g/mol. The summed E-state index contributed by atoms with van der Waals surface area (Å²) in [5, 5.41) is 0. The van der Waals surface area contributed by atoms with Crippen LogP contribution in [0.25, 0.3) is 0 Å². The minimum Gasteiger partial charge on any atom is -0.778 e. The molecule has 0 atom stereocenters. The fourth-order valence-corrected chi connectivity index (χ4v) is 3.41. The van der Waals surface area contributed by atoms with Gasteiger partial charge in [-0.3, -0.25) is 9.98 Å². The number of hydrogen-bond donors (Lipinski definition) is 0. The zero-order chi connectivity index (χ0) is 27.8. The first-order valence-electron chi connectivity index (χ1n) is 10.9. The topological polar surface area (TPSA) is 24.7 Å². The van der Waals surface area contributed by atoms with Crippen LogP contribution in [0.2, 0.25) is 0 Å². The number of nitrogens with zero attached hydrogens (tertiary/aromatic N) is 2. The van der Waals surface area contributed by atoms with Crippen molar-refractivity contribution in [2.45, 2.75) is 22.1 Å². The van der Waals surface area contributed by atoms with E-state index in [4.69, 9.17) is 25.3 Å². The molecule has 0 aliphatic carbocycles. The maximum atomic E-state index is 12.5. The van der Waals surface area contributed by atoms with Crippen LogP contribution in [0.4, 0.5) is 37.7 Å². The number of aliphatic imine (C=N–C) groups is 2. The first-order valence-corrected chi connectivity index (χ1v) is 11.7. The van der Waals surface area contributed by atoms with Crippen molar-refractivity contribution in [3.63, 3.8) is 0 Å². The van der Waals surface area contributed by atoms with Crippen molar-refractivity contribution in [3.05, 3.63) is 119 Å². The molecule has 2 nitrogen and oxygen atoms in total. The molecule has 4 rings (SSSR count). The van der Waals surface area contributed by atoms with E-state index < -0.39 is 23.5 Å². The molecule has 0 saturated heterocycles. The van der Waals surface area contributed by atoms with Gasteiger partial charge in [-0.05, 0) is 47.5 Å². The predicted octanol–water partition coefficient (Wildman–Crippen LogP) is 8.72. The van der Waals surface area contributed by atoms with Gasteiger partial charge in [0.2, 0.25) is 0 Å². The predicted molar refractivity (Wildman–Crippen MR) is 142 cm³/mol. The fraction of sp³-hybridized carbons (Fsp3) is 0.0714. The number of rotatable bonds is 4. The molecule has 0 aliphatic heterocycles. The summed E-state index contributed by atoms with van der Waals surface area (Å²) in [6, 6.07) is 24.0. The van der Waals surface area contributed by atoms with E-state index in [2.05, 4.69) is 9.98 Å². The van der Waals surface area contributed by atoms with Gasteiger partial charge in [-0.2, -0.15) is 26.3 Å². The molecule has 0 spiro atoms. The summed E-state index contributed by atoms with van der Waals surface area (Å²) in [6.07, 6.45) is -5.94. The molecule has 0 fully saturated rings. The summed E-state index contributed by atoms with van der Waals surface area (Å²) in [7, 11) is 0. The van der Waals surface area contributed by atoms with Crippen LogP contribution in [0.3, 0.4) is 0 Å². The Kier molecular flexibility index (Phi) is 11.6. The van der Waals surface area contributed by atoms with E-state index >= 15 is 0 Å². The Labute approximate surface area is 242 Å². The van der Waals surface area contributed by atoms with E-state index in [9.17, 15) is 26.3 Å². The average Bonchev–Trinajstić information content (AvgIpc) is 2.87. The number of para-hydroxylation sites is 2.